The first-order valence-corrected chi connectivity index (χ1v) is 11.9. The standard InChI is InChI=1S/C27H23F2N3O3S/c1-30-26(33)35-23-16-21-14-20(15-22(24(21)34-23)18-6-10-31-11-7-18)17-2-4-19(5-3-17)25(36)32-12-8-27(28,29)9-13-32/h2-7,10-11,14-16H,8-9,12-13H2,1H3,(H,30,33). The van der Waals surface area contributed by atoms with Crippen LogP contribution in [0.1, 0.15) is 18.4 Å². The summed E-state index contributed by atoms with van der Waals surface area (Å²) in [5.74, 6) is -2.52. The van der Waals surface area contributed by atoms with Gasteiger partial charge >= 0.3 is 6.09 Å². The number of likely N-dealkylation sites (tertiary alicyclic amines) is 1. The number of carbonyl (C=O) groups excluding carboxylic acids is 1. The van der Waals surface area contributed by atoms with Gasteiger partial charge in [-0.15, -0.1) is 0 Å². The fraction of sp³-hybridized carbons (Fsp3) is 0.222. The molecule has 1 aliphatic heterocycles. The quantitative estimate of drug-likeness (QED) is 0.328. The molecule has 0 aliphatic carbocycles. The van der Waals surface area contributed by atoms with E-state index < -0.39 is 12.0 Å². The Balaban J connectivity index is 1.48. The number of alkyl halides is 2. The van der Waals surface area contributed by atoms with Crippen LogP contribution in [0.25, 0.3) is 33.2 Å². The van der Waals surface area contributed by atoms with Gasteiger partial charge in [-0.2, -0.15) is 0 Å². The van der Waals surface area contributed by atoms with Gasteiger partial charge in [-0.3, -0.25) is 4.98 Å². The maximum atomic E-state index is 13.5. The average molecular weight is 508 g/mol. The number of amides is 1. The fourth-order valence-electron chi connectivity index (χ4n) is 4.26. The second-order valence-electron chi connectivity index (χ2n) is 8.61. The molecule has 0 bridgehead atoms. The third kappa shape index (κ3) is 4.92. The van der Waals surface area contributed by atoms with Crippen LogP contribution in [0.2, 0.25) is 0 Å². The molecule has 6 nitrogen and oxygen atoms in total. The van der Waals surface area contributed by atoms with Gasteiger partial charge in [0, 0.05) is 68.0 Å². The first-order valence-electron chi connectivity index (χ1n) is 11.5. The Morgan fingerprint density at radius 3 is 2.39 bits per heavy atom. The highest BCUT2D eigenvalue weighted by molar-refractivity contribution is 7.80. The van der Waals surface area contributed by atoms with Crippen LogP contribution >= 0.6 is 12.2 Å². The number of nitrogens with zero attached hydrogens (tertiary/aromatic N) is 2. The van der Waals surface area contributed by atoms with Gasteiger partial charge in [0.05, 0.1) is 0 Å². The molecule has 0 saturated carbocycles. The SMILES string of the molecule is CNC(=O)Oc1cc2cc(-c3ccc(C(=S)N4CCC(F)(F)CC4)cc3)cc(-c3ccncc3)c2o1. The number of carbonyl (C=O) groups is 1. The molecule has 0 spiro atoms. The molecule has 184 valence electrons. The van der Waals surface area contributed by atoms with Crippen LogP contribution in [0.15, 0.2) is 71.4 Å². The Labute approximate surface area is 211 Å². The van der Waals surface area contributed by atoms with E-state index in [1.807, 2.05) is 53.4 Å². The van der Waals surface area contributed by atoms with Crippen molar-refractivity contribution in [3.8, 4) is 28.2 Å². The lowest BCUT2D eigenvalue weighted by atomic mass is 9.96. The number of fused-ring (bicyclic) bond motifs is 1. The van der Waals surface area contributed by atoms with E-state index in [9.17, 15) is 13.6 Å². The molecule has 4 aromatic rings. The monoisotopic (exact) mass is 507 g/mol. The zero-order valence-electron chi connectivity index (χ0n) is 19.5. The maximum Gasteiger partial charge on any atom is 0.414 e. The molecule has 5 rings (SSSR count). The van der Waals surface area contributed by atoms with Crippen molar-refractivity contribution >= 4 is 34.3 Å². The molecule has 0 unspecified atom stereocenters. The van der Waals surface area contributed by atoms with E-state index >= 15 is 0 Å². The van der Waals surface area contributed by atoms with E-state index in [1.54, 1.807) is 18.5 Å². The van der Waals surface area contributed by atoms with Crippen molar-refractivity contribution in [3.63, 3.8) is 0 Å². The lowest BCUT2D eigenvalue weighted by Crippen LogP contribution is -2.42. The van der Waals surface area contributed by atoms with Crippen molar-refractivity contribution in [1.29, 1.82) is 0 Å². The average Bonchev–Trinajstić information content (AvgIpc) is 3.30. The smallest absolute Gasteiger partial charge is 0.414 e. The number of benzene rings is 2. The van der Waals surface area contributed by atoms with Gasteiger partial charge in [-0.25, -0.2) is 13.6 Å². The zero-order valence-corrected chi connectivity index (χ0v) is 20.3. The summed E-state index contributed by atoms with van der Waals surface area (Å²) in [7, 11) is 1.47. The van der Waals surface area contributed by atoms with E-state index in [0.717, 1.165) is 33.2 Å². The number of aromatic nitrogens is 1. The summed E-state index contributed by atoms with van der Waals surface area (Å²) in [6.45, 7) is 0.501. The minimum absolute atomic E-state index is 0.0876. The third-order valence-corrected chi connectivity index (χ3v) is 6.72. The predicted molar refractivity (Wildman–Crippen MR) is 137 cm³/mol. The van der Waals surface area contributed by atoms with Crippen LogP contribution in [-0.4, -0.2) is 47.0 Å². The summed E-state index contributed by atoms with van der Waals surface area (Å²) in [5.41, 5.74) is 5.00. The first kappa shape index (κ1) is 23.9. The van der Waals surface area contributed by atoms with Crippen molar-refractivity contribution in [1.82, 2.24) is 15.2 Å². The van der Waals surface area contributed by atoms with E-state index in [-0.39, 0.29) is 31.9 Å². The van der Waals surface area contributed by atoms with Crippen molar-refractivity contribution in [2.24, 2.45) is 0 Å². The number of furan rings is 1. The molecule has 0 atom stereocenters. The molecular weight excluding hydrogens is 484 g/mol. The van der Waals surface area contributed by atoms with Crippen molar-refractivity contribution in [2.45, 2.75) is 18.8 Å². The molecular formula is C27H23F2N3O3S. The minimum atomic E-state index is -2.61. The number of hydrogen-bond acceptors (Lipinski definition) is 5. The molecule has 9 heteroatoms. The first-order chi connectivity index (χ1) is 17.3. The number of piperidine rings is 1. The van der Waals surface area contributed by atoms with Crippen LogP contribution in [0.3, 0.4) is 0 Å². The number of nitrogens with one attached hydrogen (secondary N) is 1. The zero-order chi connectivity index (χ0) is 25.3. The molecule has 1 fully saturated rings. The lowest BCUT2D eigenvalue weighted by molar-refractivity contribution is -0.0430. The number of hydrogen-bond donors (Lipinski definition) is 1. The molecule has 36 heavy (non-hydrogen) atoms. The summed E-state index contributed by atoms with van der Waals surface area (Å²) in [6, 6.07) is 17.1. The molecule has 1 aliphatic rings. The number of halogens is 2. The van der Waals surface area contributed by atoms with Gasteiger partial charge in [-0.05, 0) is 41.0 Å². The summed E-state index contributed by atoms with van der Waals surface area (Å²) in [4.78, 5) is 18.2. The van der Waals surface area contributed by atoms with Crippen LogP contribution < -0.4 is 10.1 Å². The second kappa shape index (κ2) is 9.66. The van der Waals surface area contributed by atoms with Crippen LogP contribution in [0, 0.1) is 0 Å². The molecule has 3 heterocycles. The Bertz CT molecular complexity index is 1410. The van der Waals surface area contributed by atoms with Gasteiger partial charge in [0.2, 0.25) is 0 Å². The Morgan fingerprint density at radius 2 is 1.72 bits per heavy atom. The van der Waals surface area contributed by atoms with Crippen molar-refractivity contribution in [3.05, 3.63) is 72.6 Å². The van der Waals surface area contributed by atoms with Gasteiger partial charge in [0.15, 0.2) is 0 Å². The van der Waals surface area contributed by atoms with Crippen LogP contribution in [0.5, 0.6) is 5.95 Å². The summed E-state index contributed by atoms with van der Waals surface area (Å²) >= 11 is 5.59. The van der Waals surface area contributed by atoms with E-state index in [0.29, 0.717) is 10.6 Å². The van der Waals surface area contributed by atoms with Crippen LogP contribution in [-0.2, 0) is 0 Å². The third-order valence-electron chi connectivity index (χ3n) is 6.23. The van der Waals surface area contributed by atoms with Gasteiger partial charge in [-0.1, -0.05) is 36.5 Å². The van der Waals surface area contributed by atoms with Gasteiger partial charge in [0.25, 0.3) is 11.9 Å². The Kier molecular flexibility index (Phi) is 6.40. The highest BCUT2D eigenvalue weighted by atomic mass is 32.1. The van der Waals surface area contributed by atoms with Crippen molar-refractivity contribution in [2.75, 3.05) is 20.1 Å². The van der Waals surface area contributed by atoms with Crippen LogP contribution in [0.4, 0.5) is 13.6 Å². The predicted octanol–water partition coefficient (Wildman–Crippen LogP) is 6.29. The molecule has 2 aromatic heterocycles. The molecule has 1 saturated heterocycles. The van der Waals surface area contributed by atoms with E-state index in [1.165, 1.54) is 7.05 Å². The van der Waals surface area contributed by atoms with Gasteiger partial charge < -0.3 is 19.4 Å². The summed E-state index contributed by atoms with van der Waals surface area (Å²) in [5, 5.41) is 3.17. The highest BCUT2D eigenvalue weighted by Gasteiger charge is 2.34. The van der Waals surface area contributed by atoms with E-state index in [2.05, 4.69) is 10.3 Å². The second-order valence-corrected chi connectivity index (χ2v) is 9.00. The highest BCUT2D eigenvalue weighted by Crippen LogP contribution is 2.38. The minimum Gasteiger partial charge on any atom is -0.425 e. The lowest BCUT2D eigenvalue weighted by Gasteiger charge is -2.33. The van der Waals surface area contributed by atoms with Gasteiger partial charge in [0.1, 0.15) is 10.6 Å². The van der Waals surface area contributed by atoms with E-state index in [4.69, 9.17) is 21.4 Å². The number of pyridine rings is 1. The molecule has 0 radical (unpaired) electrons. The number of ether oxygens (including phenoxy) is 1. The molecule has 1 amide bonds. The normalized spacial score (nSPS) is 15.0. The van der Waals surface area contributed by atoms with Crippen molar-refractivity contribution < 1.29 is 22.7 Å². The topological polar surface area (TPSA) is 67.6 Å². The molecule has 1 N–H and O–H groups in total. The number of thiocarbonyl (C=S) groups is 1. The Hall–Kier alpha value is -3.85. The summed E-state index contributed by atoms with van der Waals surface area (Å²) in [6.07, 6.45) is 2.41. The maximum absolute atomic E-state index is 13.5. The fourth-order valence-corrected chi connectivity index (χ4v) is 4.58. The Morgan fingerprint density at radius 1 is 1.03 bits per heavy atom. The molecule has 2 aromatic carbocycles. The largest absolute Gasteiger partial charge is 0.425 e. The number of rotatable bonds is 4. The summed E-state index contributed by atoms with van der Waals surface area (Å²) < 4.78 is 38.1.